The van der Waals surface area contributed by atoms with E-state index in [9.17, 15) is 10.1 Å². The molecule has 0 aromatic carbocycles. The van der Waals surface area contributed by atoms with Gasteiger partial charge in [-0.25, -0.2) is 9.97 Å². The standard InChI is InChI=1S/C17H22N6O/c18-12-14(16(24)21-15-4-1-2-5-15)13-22-8-10-23(11-9-22)17-19-6-3-7-20-17/h3,6-7,13,15H,1-2,4-5,8-11H2,(H,21,24)/b14-13-. The lowest BCUT2D eigenvalue weighted by molar-refractivity contribution is -0.117. The number of piperazine rings is 1. The fraction of sp³-hybridized carbons (Fsp3) is 0.529. The molecule has 0 unspecified atom stereocenters. The Morgan fingerprint density at radius 1 is 1.21 bits per heavy atom. The van der Waals surface area contributed by atoms with E-state index in [-0.39, 0.29) is 17.5 Å². The third-order valence-electron chi connectivity index (χ3n) is 4.52. The molecule has 1 N–H and O–H groups in total. The van der Waals surface area contributed by atoms with E-state index >= 15 is 0 Å². The fourth-order valence-electron chi connectivity index (χ4n) is 3.16. The van der Waals surface area contributed by atoms with Crippen LogP contribution < -0.4 is 10.2 Å². The number of anilines is 1. The van der Waals surface area contributed by atoms with Crippen LogP contribution in [0.3, 0.4) is 0 Å². The first kappa shape index (κ1) is 16.2. The molecule has 0 spiro atoms. The van der Waals surface area contributed by atoms with E-state index < -0.39 is 0 Å². The van der Waals surface area contributed by atoms with Crippen LogP contribution in [0.15, 0.2) is 30.2 Å². The molecule has 2 fully saturated rings. The lowest BCUT2D eigenvalue weighted by Crippen LogP contribution is -2.45. The first-order chi connectivity index (χ1) is 11.8. The molecular weight excluding hydrogens is 304 g/mol. The quantitative estimate of drug-likeness (QED) is 0.658. The summed E-state index contributed by atoms with van der Waals surface area (Å²) in [6, 6.07) is 4.05. The molecule has 1 saturated carbocycles. The molecule has 1 saturated heterocycles. The van der Waals surface area contributed by atoms with Gasteiger partial charge in [-0.05, 0) is 18.9 Å². The van der Waals surface area contributed by atoms with Gasteiger partial charge in [-0.3, -0.25) is 4.79 Å². The van der Waals surface area contributed by atoms with Gasteiger partial charge in [-0.2, -0.15) is 5.26 Å². The van der Waals surface area contributed by atoms with Gasteiger partial charge in [0.25, 0.3) is 5.91 Å². The highest BCUT2D eigenvalue weighted by molar-refractivity contribution is 5.97. The number of nitrogens with one attached hydrogen (secondary N) is 1. The zero-order valence-electron chi connectivity index (χ0n) is 13.7. The maximum Gasteiger partial charge on any atom is 0.263 e. The van der Waals surface area contributed by atoms with Crippen molar-refractivity contribution in [3.63, 3.8) is 0 Å². The third kappa shape index (κ3) is 4.02. The first-order valence-corrected chi connectivity index (χ1v) is 8.45. The van der Waals surface area contributed by atoms with Crippen molar-refractivity contribution in [2.75, 3.05) is 31.1 Å². The molecule has 7 heteroatoms. The Bertz CT molecular complexity index is 624. The Morgan fingerprint density at radius 2 is 1.88 bits per heavy atom. The number of nitrogens with zero attached hydrogens (tertiary/aromatic N) is 5. The summed E-state index contributed by atoms with van der Waals surface area (Å²) in [5.74, 6) is 0.471. The summed E-state index contributed by atoms with van der Waals surface area (Å²) in [5.41, 5.74) is 0.186. The molecule has 3 rings (SSSR count). The van der Waals surface area contributed by atoms with E-state index in [1.165, 1.54) is 0 Å². The van der Waals surface area contributed by atoms with Crippen LogP contribution >= 0.6 is 0 Å². The van der Waals surface area contributed by atoms with E-state index in [4.69, 9.17) is 0 Å². The molecule has 2 aliphatic rings. The van der Waals surface area contributed by atoms with Crippen molar-refractivity contribution in [2.24, 2.45) is 0 Å². The lowest BCUT2D eigenvalue weighted by atomic mass is 10.2. The molecule has 1 amide bonds. The average molecular weight is 326 g/mol. The van der Waals surface area contributed by atoms with Crippen LogP contribution in [0.5, 0.6) is 0 Å². The number of aromatic nitrogens is 2. The zero-order chi connectivity index (χ0) is 16.8. The van der Waals surface area contributed by atoms with Crippen LogP contribution in [-0.2, 0) is 4.79 Å². The predicted octanol–water partition coefficient (Wildman–Crippen LogP) is 1.06. The molecule has 0 atom stereocenters. The molecule has 7 nitrogen and oxygen atoms in total. The number of amides is 1. The Balaban J connectivity index is 1.55. The highest BCUT2D eigenvalue weighted by Gasteiger charge is 2.21. The highest BCUT2D eigenvalue weighted by atomic mass is 16.1. The second kappa shape index (κ2) is 7.77. The fourth-order valence-corrected chi connectivity index (χ4v) is 3.16. The SMILES string of the molecule is N#C/C(=C/N1CCN(c2ncccn2)CC1)C(=O)NC1CCCC1. The van der Waals surface area contributed by atoms with Crippen LogP contribution in [0.4, 0.5) is 5.95 Å². The topological polar surface area (TPSA) is 85.2 Å². The summed E-state index contributed by atoms with van der Waals surface area (Å²) in [5, 5.41) is 12.3. The summed E-state index contributed by atoms with van der Waals surface area (Å²) >= 11 is 0. The first-order valence-electron chi connectivity index (χ1n) is 8.45. The van der Waals surface area contributed by atoms with Crippen molar-refractivity contribution in [3.05, 3.63) is 30.2 Å². The minimum Gasteiger partial charge on any atom is -0.373 e. The van der Waals surface area contributed by atoms with Gasteiger partial charge < -0.3 is 15.1 Å². The van der Waals surface area contributed by atoms with Crippen molar-refractivity contribution in [3.8, 4) is 6.07 Å². The van der Waals surface area contributed by atoms with Crippen molar-refractivity contribution in [1.82, 2.24) is 20.2 Å². The van der Waals surface area contributed by atoms with Gasteiger partial charge in [0.05, 0.1) is 0 Å². The van der Waals surface area contributed by atoms with Crippen molar-refractivity contribution in [2.45, 2.75) is 31.7 Å². The Morgan fingerprint density at radius 3 is 2.50 bits per heavy atom. The molecular formula is C17H22N6O. The molecule has 24 heavy (non-hydrogen) atoms. The Labute approximate surface area is 142 Å². The van der Waals surface area contributed by atoms with E-state index in [0.717, 1.165) is 57.8 Å². The molecule has 1 aromatic rings. The van der Waals surface area contributed by atoms with Crippen LogP contribution in [0.25, 0.3) is 0 Å². The molecule has 1 aromatic heterocycles. The maximum absolute atomic E-state index is 12.2. The van der Waals surface area contributed by atoms with Gasteiger partial charge in [-0.15, -0.1) is 0 Å². The summed E-state index contributed by atoms with van der Waals surface area (Å²) in [7, 11) is 0. The van der Waals surface area contributed by atoms with Gasteiger partial charge in [-0.1, -0.05) is 12.8 Å². The van der Waals surface area contributed by atoms with Crippen molar-refractivity contribution in [1.29, 1.82) is 5.26 Å². The van der Waals surface area contributed by atoms with E-state index in [2.05, 4.69) is 20.2 Å². The second-order valence-corrected chi connectivity index (χ2v) is 6.18. The van der Waals surface area contributed by atoms with Crippen LogP contribution in [0, 0.1) is 11.3 Å². The van der Waals surface area contributed by atoms with Gasteiger partial charge in [0.1, 0.15) is 11.6 Å². The molecule has 1 aliphatic carbocycles. The largest absolute Gasteiger partial charge is 0.373 e. The molecule has 126 valence electrons. The lowest BCUT2D eigenvalue weighted by Gasteiger charge is -2.34. The van der Waals surface area contributed by atoms with Gasteiger partial charge in [0.2, 0.25) is 5.95 Å². The molecule has 1 aliphatic heterocycles. The second-order valence-electron chi connectivity index (χ2n) is 6.18. The number of carbonyl (C=O) groups excluding carboxylic acids is 1. The third-order valence-corrected chi connectivity index (χ3v) is 4.52. The average Bonchev–Trinajstić information content (AvgIpc) is 3.14. The molecule has 0 radical (unpaired) electrons. The van der Waals surface area contributed by atoms with Gasteiger partial charge >= 0.3 is 0 Å². The number of hydrogen-bond acceptors (Lipinski definition) is 6. The van der Waals surface area contributed by atoms with Gasteiger partial charge in [0, 0.05) is 50.8 Å². The summed E-state index contributed by atoms with van der Waals surface area (Å²) < 4.78 is 0. The van der Waals surface area contributed by atoms with Gasteiger partial charge in [0.15, 0.2) is 0 Å². The zero-order valence-corrected chi connectivity index (χ0v) is 13.7. The Kier molecular flexibility index (Phi) is 5.26. The van der Waals surface area contributed by atoms with Crippen LogP contribution in [-0.4, -0.2) is 53.0 Å². The summed E-state index contributed by atoms with van der Waals surface area (Å²) in [6.07, 6.45) is 9.49. The minimum atomic E-state index is -0.252. The number of nitriles is 1. The highest BCUT2D eigenvalue weighted by Crippen LogP contribution is 2.18. The van der Waals surface area contributed by atoms with E-state index in [1.54, 1.807) is 24.7 Å². The number of hydrogen-bond donors (Lipinski definition) is 1. The Hall–Kier alpha value is -2.62. The summed E-state index contributed by atoms with van der Waals surface area (Å²) in [6.45, 7) is 3.01. The predicted molar refractivity (Wildman–Crippen MR) is 89.9 cm³/mol. The maximum atomic E-state index is 12.2. The molecule has 0 bridgehead atoms. The normalized spacial score (nSPS) is 19.2. The number of carbonyl (C=O) groups is 1. The number of rotatable bonds is 4. The summed E-state index contributed by atoms with van der Waals surface area (Å²) in [4.78, 5) is 24.9. The molecule has 2 heterocycles. The van der Waals surface area contributed by atoms with E-state index in [1.807, 2.05) is 11.0 Å². The van der Waals surface area contributed by atoms with Crippen LogP contribution in [0.2, 0.25) is 0 Å². The van der Waals surface area contributed by atoms with E-state index in [0.29, 0.717) is 0 Å². The van der Waals surface area contributed by atoms with Crippen molar-refractivity contribution >= 4 is 11.9 Å². The van der Waals surface area contributed by atoms with Crippen LogP contribution in [0.1, 0.15) is 25.7 Å². The smallest absolute Gasteiger partial charge is 0.263 e. The monoisotopic (exact) mass is 326 g/mol. The van der Waals surface area contributed by atoms with Crippen molar-refractivity contribution < 1.29 is 4.79 Å². The minimum absolute atomic E-state index is 0.186.